The number of nitrogens with one attached hydrogen (secondary N) is 2. The van der Waals surface area contributed by atoms with Crippen LogP contribution in [0.4, 0.5) is 4.79 Å². The van der Waals surface area contributed by atoms with Crippen molar-refractivity contribution in [3.8, 4) is 0 Å². The van der Waals surface area contributed by atoms with E-state index in [-0.39, 0.29) is 12.1 Å². The number of carbonyl (C=O) groups excluding carboxylic acids is 1. The van der Waals surface area contributed by atoms with Crippen LogP contribution >= 0.6 is 0 Å². The Morgan fingerprint density at radius 1 is 1.23 bits per heavy atom. The highest BCUT2D eigenvalue weighted by Crippen LogP contribution is 2.10. The fraction of sp³-hybridized carbons (Fsp3) is 0.111. The number of carbonyl (C=O) groups is 1. The summed E-state index contributed by atoms with van der Waals surface area (Å²) in [6, 6.07) is 9.30. The van der Waals surface area contributed by atoms with Crippen molar-refractivity contribution in [3.63, 3.8) is 0 Å². The van der Waals surface area contributed by atoms with Gasteiger partial charge in [0.05, 0.1) is 12.3 Å². The number of hydrogen-bond donors (Lipinski definition) is 2. The van der Waals surface area contributed by atoms with E-state index in [2.05, 4.69) is 15.8 Å². The summed E-state index contributed by atoms with van der Waals surface area (Å²) < 4.78 is 0. The van der Waals surface area contributed by atoms with Crippen LogP contribution in [0.3, 0.4) is 0 Å². The predicted molar refractivity (Wildman–Crippen MR) is 49.3 cm³/mol. The maximum Gasteiger partial charge on any atom is 0.335 e. The highest BCUT2D eigenvalue weighted by Gasteiger charge is 2.14. The Labute approximate surface area is 75.6 Å². The highest BCUT2D eigenvalue weighted by molar-refractivity contribution is 5.83. The van der Waals surface area contributed by atoms with Crippen LogP contribution in [0.25, 0.3) is 0 Å². The minimum atomic E-state index is -0.267. The molecular weight excluding hydrogens is 166 g/mol. The molecule has 1 atom stereocenters. The normalized spacial score (nSPS) is 20.6. The Hall–Kier alpha value is -1.84. The van der Waals surface area contributed by atoms with Crippen LogP contribution in [-0.4, -0.2) is 12.2 Å². The number of benzene rings is 1. The molecule has 0 radical (unpaired) electrons. The van der Waals surface area contributed by atoms with Crippen LogP contribution in [0.5, 0.6) is 0 Å². The maximum atomic E-state index is 10.9. The van der Waals surface area contributed by atoms with Gasteiger partial charge >= 0.3 is 6.03 Å². The first kappa shape index (κ1) is 7.79. The number of amides is 2. The van der Waals surface area contributed by atoms with E-state index in [4.69, 9.17) is 0 Å². The average molecular weight is 175 g/mol. The third-order valence-electron chi connectivity index (χ3n) is 1.83. The van der Waals surface area contributed by atoms with Gasteiger partial charge in [-0.05, 0) is 5.56 Å². The zero-order chi connectivity index (χ0) is 9.10. The van der Waals surface area contributed by atoms with Gasteiger partial charge < -0.3 is 5.32 Å². The van der Waals surface area contributed by atoms with Gasteiger partial charge in [-0.3, -0.25) is 0 Å². The molecule has 0 saturated carbocycles. The Kier molecular flexibility index (Phi) is 1.96. The monoisotopic (exact) mass is 175 g/mol. The van der Waals surface area contributed by atoms with Crippen LogP contribution < -0.4 is 10.7 Å². The van der Waals surface area contributed by atoms with Crippen molar-refractivity contribution in [1.82, 2.24) is 10.7 Å². The molecule has 66 valence electrons. The number of rotatable bonds is 1. The molecule has 4 heteroatoms. The molecule has 0 saturated heterocycles. The molecule has 0 fully saturated rings. The lowest BCUT2D eigenvalue weighted by Gasteiger charge is -2.17. The van der Waals surface area contributed by atoms with Crippen molar-refractivity contribution in [3.05, 3.63) is 35.9 Å². The molecule has 2 N–H and O–H groups in total. The Morgan fingerprint density at radius 3 is 2.69 bits per heavy atom. The van der Waals surface area contributed by atoms with Gasteiger partial charge in [0.15, 0.2) is 0 Å². The van der Waals surface area contributed by atoms with Gasteiger partial charge in [0.25, 0.3) is 0 Å². The summed E-state index contributed by atoms with van der Waals surface area (Å²) in [4.78, 5) is 10.9. The van der Waals surface area contributed by atoms with Crippen LogP contribution in [0.15, 0.2) is 35.4 Å². The second-order valence-corrected chi connectivity index (χ2v) is 2.75. The standard InChI is InChI=1S/C9H9N3O/c13-9-11-8(6-10-12-9)7-4-2-1-3-5-7/h1-6,8H,(H2,11,12,13). The molecule has 0 aromatic heterocycles. The third kappa shape index (κ3) is 1.66. The van der Waals surface area contributed by atoms with Crippen molar-refractivity contribution >= 4 is 12.2 Å². The van der Waals surface area contributed by atoms with E-state index in [0.717, 1.165) is 5.56 Å². The lowest BCUT2D eigenvalue weighted by molar-refractivity contribution is 0.238. The molecule has 13 heavy (non-hydrogen) atoms. The van der Waals surface area contributed by atoms with Crippen LogP contribution in [-0.2, 0) is 0 Å². The molecule has 2 amide bonds. The van der Waals surface area contributed by atoms with E-state index in [1.54, 1.807) is 6.21 Å². The average Bonchev–Trinajstić information content (AvgIpc) is 2.19. The second kappa shape index (κ2) is 3.26. The largest absolute Gasteiger partial charge is 0.335 e. The van der Waals surface area contributed by atoms with Crippen LogP contribution in [0.2, 0.25) is 0 Å². The Balaban J connectivity index is 2.22. The highest BCUT2D eigenvalue weighted by atomic mass is 16.2. The van der Waals surface area contributed by atoms with Crippen LogP contribution in [0, 0.1) is 0 Å². The number of hydrogen-bond acceptors (Lipinski definition) is 2. The van der Waals surface area contributed by atoms with Gasteiger partial charge in [0.1, 0.15) is 0 Å². The van der Waals surface area contributed by atoms with Gasteiger partial charge in [-0.2, -0.15) is 5.10 Å². The number of nitrogens with zero attached hydrogens (tertiary/aromatic N) is 1. The van der Waals surface area contributed by atoms with E-state index in [1.165, 1.54) is 0 Å². The van der Waals surface area contributed by atoms with Crippen LogP contribution in [0.1, 0.15) is 11.6 Å². The molecule has 0 aliphatic carbocycles. The van der Waals surface area contributed by atoms with E-state index in [1.807, 2.05) is 30.3 Å². The van der Waals surface area contributed by atoms with E-state index in [0.29, 0.717) is 0 Å². The number of urea groups is 1. The summed E-state index contributed by atoms with van der Waals surface area (Å²) in [7, 11) is 0. The van der Waals surface area contributed by atoms with E-state index in [9.17, 15) is 4.79 Å². The molecule has 0 bridgehead atoms. The quantitative estimate of drug-likeness (QED) is 0.658. The minimum absolute atomic E-state index is 0.116. The topological polar surface area (TPSA) is 53.5 Å². The zero-order valence-corrected chi connectivity index (χ0v) is 6.90. The van der Waals surface area contributed by atoms with Gasteiger partial charge in [0.2, 0.25) is 0 Å². The van der Waals surface area contributed by atoms with Crippen molar-refractivity contribution in [2.75, 3.05) is 0 Å². The maximum absolute atomic E-state index is 10.9. The summed E-state index contributed by atoms with van der Waals surface area (Å²) in [5.74, 6) is 0. The Morgan fingerprint density at radius 2 is 2.00 bits per heavy atom. The summed E-state index contributed by atoms with van der Waals surface area (Å²) >= 11 is 0. The van der Waals surface area contributed by atoms with Crippen molar-refractivity contribution < 1.29 is 4.79 Å². The SMILES string of the molecule is O=C1NN=CC(c2ccccc2)N1. The van der Waals surface area contributed by atoms with Gasteiger partial charge in [0, 0.05) is 0 Å². The molecule has 0 spiro atoms. The van der Waals surface area contributed by atoms with Crippen molar-refractivity contribution in [2.45, 2.75) is 6.04 Å². The third-order valence-corrected chi connectivity index (χ3v) is 1.83. The van der Waals surface area contributed by atoms with Gasteiger partial charge in [-0.1, -0.05) is 30.3 Å². The van der Waals surface area contributed by atoms with Gasteiger partial charge in [-0.15, -0.1) is 0 Å². The molecule has 4 nitrogen and oxygen atoms in total. The number of hydrazone groups is 1. The molecule has 1 heterocycles. The molecular formula is C9H9N3O. The first-order valence-electron chi connectivity index (χ1n) is 4.01. The Bertz CT molecular complexity index is 334. The van der Waals surface area contributed by atoms with E-state index < -0.39 is 0 Å². The predicted octanol–water partition coefficient (Wildman–Crippen LogP) is 1.03. The smallest absolute Gasteiger partial charge is 0.325 e. The molecule has 1 aromatic carbocycles. The molecule has 1 aliphatic heterocycles. The van der Waals surface area contributed by atoms with Gasteiger partial charge in [-0.25, -0.2) is 10.2 Å². The summed E-state index contributed by atoms with van der Waals surface area (Å²) in [5.41, 5.74) is 3.33. The molecule has 2 rings (SSSR count). The van der Waals surface area contributed by atoms with E-state index >= 15 is 0 Å². The second-order valence-electron chi connectivity index (χ2n) is 2.75. The lowest BCUT2D eigenvalue weighted by Crippen LogP contribution is -2.40. The summed E-state index contributed by atoms with van der Waals surface area (Å²) in [6.45, 7) is 0. The first-order chi connectivity index (χ1) is 6.36. The van der Waals surface area contributed by atoms with Crippen molar-refractivity contribution in [2.24, 2.45) is 5.10 Å². The summed E-state index contributed by atoms with van der Waals surface area (Å²) in [5, 5.41) is 6.46. The summed E-state index contributed by atoms with van der Waals surface area (Å²) in [6.07, 6.45) is 1.66. The lowest BCUT2D eigenvalue weighted by atomic mass is 10.1. The zero-order valence-electron chi connectivity index (χ0n) is 6.90. The first-order valence-corrected chi connectivity index (χ1v) is 4.01. The minimum Gasteiger partial charge on any atom is -0.325 e. The fourth-order valence-electron chi connectivity index (χ4n) is 1.21. The molecule has 1 aliphatic rings. The molecule has 1 unspecified atom stereocenters. The fourth-order valence-corrected chi connectivity index (χ4v) is 1.21. The molecule has 1 aromatic rings. The van der Waals surface area contributed by atoms with Crippen molar-refractivity contribution in [1.29, 1.82) is 0 Å².